The first-order valence-electron chi connectivity index (χ1n) is 4.61. The molecule has 14 heavy (non-hydrogen) atoms. The third-order valence-electron chi connectivity index (χ3n) is 1.94. The van der Waals surface area contributed by atoms with Gasteiger partial charge in [0.05, 0.1) is 6.61 Å². The Hall–Kier alpha value is -1.36. The predicted molar refractivity (Wildman–Crippen MR) is 56.2 cm³/mol. The second-order valence-electron chi connectivity index (χ2n) is 2.89. The van der Waals surface area contributed by atoms with Crippen LogP contribution in [0.3, 0.4) is 0 Å². The number of methoxy groups -OCH3 is 1. The quantitative estimate of drug-likeness (QED) is 0.744. The summed E-state index contributed by atoms with van der Waals surface area (Å²) < 4.78 is 5.00. The van der Waals surface area contributed by atoms with E-state index in [2.05, 4.69) is 22.0 Å². The zero-order valence-electron chi connectivity index (χ0n) is 8.60. The van der Waals surface area contributed by atoms with Gasteiger partial charge >= 0.3 is 0 Å². The van der Waals surface area contributed by atoms with Gasteiger partial charge in [0, 0.05) is 20.2 Å². The summed E-state index contributed by atoms with van der Waals surface area (Å²) in [7, 11) is 1.68. The molecule has 0 aromatic carbocycles. The van der Waals surface area contributed by atoms with Gasteiger partial charge in [-0.15, -0.1) is 10.2 Å². The van der Waals surface area contributed by atoms with E-state index in [4.69, 9.17) is 10.5 Å². The van der Waals surface area contributed by atoms with Crippen molar-refractivity contribution < 1.29 is 4.74 Å². The molecule has 78 valence electrons. The molecular weight excluding hydrogens is 180 g/mol. The number of nitrogens with zero attached hydrogens (tertiary/aromatic N) is 3. The maximum atomic E-state index is 5.45. The lowest BCUT2D eigenvalue weighted by atomic mass is 10.4. The van der Waals surface area contributed by atoms with Crippen molar-refractivity contribution in [1.29, 1.82) is 0 Å². The van der Waals surface area contributed by atoms with Crippen LogP contribution in [0.1, 0.15) is 6.92 Å². The highest BCUT2D eigenvalue weighted by atomic mass is 16.5. The minimum atomic E-state index is 0.441. The summed E-state index contributed by atoms with van der Waals surface area (Å²) >= 11 is 0. The molecule has 0 fully saturated rings. The van der Waals surface area contributed by atoms with Crippen molar-refractivity contribution in [3.8, 4) is 0 Å². The molecule has 0 saturated carbocycles. The average molecular weight is 196 g/mol. The Morgan fingerprint density at radius 2 is 2.21 bits per heavy atom. The molecule has 0 atom stereocenters. The van der Waals surface area contributed by atoms with Crippen molar-refractivity contribution in [2.45, 2.75) is 6.92 Å². The molecule has 0 bridgehead atoms. The standard InChI is InChI=1S/C9H16N4O/c1-3-13(6-7-14-2)9-5-4-8(10)11-12-9/h4-5H,3,6-7H2,1-2H3,(H2,10,11). The summed E-state index contributed by atoms with van der Waals surface area (Å²) in [5.74, 6) is 1.27. The van der Waals surface area contributed by atoms with Crippen molar-refractivity contribution in [2.75, 3.05) is 37.4 Å². The van der Waals surface area contributed by atoms with Crippen LogP contribution in [0.2, 0.25) is 0 Å². The Balaban J connectivity index is 2.64. The summed E-state index contributed by atoms with van der Waals surface area (Å²) in [5, 5.41) is 7.80. The van der Waals surface area contributed by atoms with Gasteiger partial charge in [-0.3, -0.25) is 0 Å². The van der Waals surface area contributed by atoms with E-state index in [1.807, 2.05) is 6.07 Å². The smallest absolute Gasteiger partial charge is 0.151 e. The van der Waals surface area contributed by atoms with Crippen molar-refractivity contribution in [3.63, 3.8) is 0 Å². The van der Waals surface area contributed by atoms with E-state index in [1.165, 1.54) is 0 Å². The third kappa shape index (κ3) is 2.85. The number of hydrogen-bond acceptors (Lipinski definition) is 5. The maximum Gasteiger partial charge on any atom is 0.151 e. The Bertz CT molecular complexity index is 262. The van der Waals surface area contributed by atoms with Gasteiger partial charge in [0.1, 0.15) is 5.82 Å². The number of anilines is 2. The summed E-state index contributed by atoms with van der Waals surface area (Å²) in [5.41, 5.74) is 5.45. The number of likely N-dealkylation sites (N-methyl/N-ethyl adjacent to an activating group) is 1. The fraction of sp³-hybridized carbons (Fsp3) is 0.556. The third-order valence-corrected chi connectivity index (χ3v) is 1.94. The van der Waals surface area contributed by atoms with Gasteiger partial charge in [-0.05, 0) is 19.1 Å². The second kappa shape index (κ2) is 5.39. The van der Waals surface area contributed by atoms with E-state index in [0.717, 1.165) is 18.9 Å². The molecule has 0 saturated heterocycles. The van der Waals surface area contributed by atoms with Gasteiger partial charge in [0.25, 0.3) is 0 Å². The van der Waals surface area contributed by atoms with Crippen LogP contribution in [0.5, 0.6) is 0 Å². The topological polar surface area (TPSA) is 64.3 Å². The van der Waals surface area contributed by atoms with Crippen molar-refractivity contribution in [3.05, 3.63) is 12.1 Å². The Morgan fingerprint density at radius 3 is 2.71 bits per heavy atom. The SMILES string of the molecule is CCN(CCOC)c1ccc(N)nn1. The van der Waals surface area contributed by atoms with E-state index in [1.54, 1.807) is 13.2 Å². The van der Waals surface area contributed by atoms with E-state index in [0.29, 0.717) is 12.4 Å². The first kappa shape index (κ1) is 10.7. The molecule has 0 amide bonds. The number of nitrogens with two attached hydrogens (primary N) is 1. The van der Waals surface area contributed by atoms with Gasteiger partial charge in [-0.2, -0.15) is 0 Å². The molecule has 1 aromatic heterocycles. The van der Waals surface area contributed by atoms with E-state index < -0.39 is 0 Å². The average Bonchev–Trinajstić information content (AvgIpc) is 2.21. The molecule has 2 N–H and O–H groups in total. The fourth-order valence-corrected chi connectivity index (χ4v) is 1.14. The Morgan fingerprint density at radius 1 is 1.43 bits per heavy atom. The van der Waals surface area contributed by atoms with Crippen LogP contribution in [0.15, 0.2) is 12.1 Å². The van der Waals surface area contributed by atoms with Gasteiger partial charge < -0.3 is 15.4 Å². The number of aromatic nitrogens is 2. The molecule has 1 rings (SSSR count). The molecule has 0 aliphatic rings. The second-order valence-corrected chi connectivity index (χ2v) is 2.89. The minimum absolute atomic E-state index is 0.441. The number of rotatable bonds is 5. The van der Waals surface area contributed by atoms with Crippen LogP contribution in [0.25, 0.3) is 0 Å². The van der Waals surface area contributed by atoms with Gasteiger partial charge in [0.15, 0.2) is 5.82 Å². The highest BCUT2D eigenvalue weighted by molar-refractivity contribution is 5.41. The highest BCUT2D eigenvalue weighted by Crippen LogP contribution is 2.09. The molecule has 0 spiro atoms. The molecule has 1 aromatic rings. The zero-order valence-corrected chi connectivity index (χ0v) is 8.60. The number of hydrogen-bond donors (Lipinski definition) is 1. The molecule has 0 aliphatic heterocycles. The van der Waals surface area contributed by atoms with Crippen LogP contribution in [-0.2, 0) is 4.74 Å². The number of nitrogen functional groups attached to an aromatic ring is 1. The molecule has 0 aliphatic carbocycles. The van der Waals surface area contributed by atoms with Crippen LogP contribution in [0, 0.1) is 0 Å². The van der Waals surface area contributed by atoms with Gasteiger partial charge in [-0.25, -0.2) is 0 Å². The molecular formula is C9H16N4O. The Kier molecular flexibility index (Phi) is 4.12. The summed E-state index contributed by atoms with van der Waals surface area (Å²) in [6, 6.07) is 3.61. The zero-order chi connectivity index (χ0) is 10.4. The van der Waals surface area contributed by atoms with Crippen LogP contribution in [0.4, 0.5) is 11.6 Å². The lowest BCUT2D eigenvalue weighted by Crippen LogP contribution is -2.27. The highest BCUT2D eigenvalue weighted by Gasteiger charge is 2.04. The molecule has 1 heterocycles. The first-order chi connectivity index (χ1) is 6.77. The maximum absolute atomic E-state index is 5.45. The van der Waals surface area contributed by atoms with Crippen LogP contribution >= 0.6 is 0 Å². The van der Waals surface area contributed by atoms with E-state index in [9.17, 15) is 0 Å². The summed E-state index contributed by atoms with van der Waals surface area (Å²) in [6.07, 6.45) is 0. The van der Waals surface area contributed by atoms with Crippen molar-refractivity contribution >= 4 is 11.6 Å². The van der Waals surface area contributed by atoms with Crippen molar-refractivity contribution in [1.82, 2.24) is 10.2 Å². The van der Waals surface area contributed by atoms with Crippen LogP contribution in [-0.4, -0.2) is 37.0 Å². The van der Waals surface area contributed by atoms with Crippen molar-refractivity contribution in [2.24, 2.45) is 0 Å². The molecule has 5 nitrogen and oxygen atoms in total. The fourth-order valence-electron chi connectivity index (χ4n) is 1.14. The monoisotopic (exact) mass is 196 g/mol. The van der Waals surface area contributed by atoms with E-state index in [-0.39, 0.29) is 0 Å². The van der Waals surface area contributed by atoms with Gasteiger partial charge in [0.2, 0.25) is 0 Å². The predicted octanol–water partition coefficient (Wildman–Crippen LogP) is 0.531. The Labute approximate surface area is 83.9 Å². The number of ether oxygens (including phenoxy) is 1. The molecule has 5 heteroatoms. The van der Waals surface area contributed by atoms with Gasteiger partial charge in [-0.1, -0.05) is 0 Å². The molecule has 0 unspecified atom stereocenters. The first-order valence-corrected chi connectivity index (χ1v) is 4.61. The normalized spacial score (nSPS) is 10.1. The molecule has 0 radical (unpaired) electrons. The summed E-state index contributed by atoms with van der Waals surface area (Å²) in [4.78, 5) is 2.08. The lowest BCUT2D eigenvalue weighted by molar-refractivity contribution is 0.205. The largest absolute Gasteiger partial charge is 0.383 e. The lowest BCUT2D eigenvalue weighted by Gasteiger charge is -2.20. The van der Waals surface area contributed by atoms with Crippen LogP contribution < -0.4 is 10.6 Å². The minimum Gasteiger partial charge on any atom is -0.383 e. The van der Waals surface area contributed by atoms with E-state index >= 15 is 0 Å². The summed E-state index contributed by atoms with van der Waals surface area (Å²) in [6.45, 7) is 4.43.